The number of hydrogen-bond donors (Lipinski definition) is 3. The van der Waals surface area contributed by atoms with Gasteiger partial charge in [-0.2, -0.15) is 13.2 Å². The molecule has 6 aromatic rings. The highest BCUT2D eigenvalue weighted by atomic mass is 35.5. The van der Waals surface area contributed by atoms with Crippen molar-refractivity contribution >= 4 is 79.4 Å². The van der Waals surface area contributed by atoms with E-state index in [9.17, 15) is 32.3 Å². The zero-order chi connectivity index (χ0) is 41.0. The number of pyridine rings is 1. The maximum absolute atomic E-state index is 14.5. The van der Waals surface area contributed by atoms with Gasteiger partial charge in [0.05, 0.1) is 31.0 Å². The number of carbonyl (C=O) groups is 4. The first-order chi connectivity index (χ1) is 27.8. The van der Waals surface area contributed by atoms with Gasteiger partial charge in [-0.15, -0.1) is 11.6 Å². The van der Waals surface area contributed by atoms with E-state index in [0.29, 0.717) is 53.9 Å². The molecule has 0 radical (unpaired) electrons. The maximum Gasteiger partial charge on any atom is 0.432 e. The molecule has 300 valence electrons. The molecule has 2 aliphatic rings. The van der Waals surface area contributed by atoms with Crippen molar-refractivity contribution in [1.82, 2.24) is 24.8 Å². The fourth-order valence-electron chi connectivity index (χ4n) is 7.58. The fourth-order valence-corrected chi connectivity index (χ4v) is 7.83. The Morgan fingerprint density at radius 2 is 1.74 bits per heavy atom. The zero-order valence-corrected chi connectivity index (χ0v) is 32.0. The quantitative estimate of drug-likeness (QED) is 0.114. The molecule has 0 unspecified atom stereocenters. The third kappa shape index (κ3) is 6.79. The van der Waals surface area contributed by atoms with Gasteiger partial charge in [0.15, 0.2) is 5.75 Å². The van der Waals surface area contributed by atoms with E-state index in [1.54, 1.807) is 42.6 Å². The first-order valence-corrected chi connectivity index (χ1v) is 18.6. The number of H-pyrrole nitrogens is 2. The van der Waals surface area contributed by atoms with Gasteiger partial charge in [0, 0.05) is 89.5 Å². The van der Waals surface area contributed by atoms with E-state index in [0.717, 1.165) is 12.5 Å². The van der Waals surface area contributed by atoms with Crippen LogP contribution in [0.3, 0.4) is 0 Å². The van der Waals surface area contributed by atoms with Gasteiger partial charge in [-0.05, 0) is 49.0 Å². The van der Waals surface area contributed by atoms with E-state index in [4.69, 9.17) is 25.8 Å². The first-order valence-electron chi connectivity index (χ1n) is 18.1. The number of rotatable bonds is 7. The van der Waals surface area contributed by atoms with Gasteiger partial charge in [0.1, 0.15) is 22.8 Å². The Balaban J connectivity index is 1.16. The largest absolute Gasteiger partial charge is 0.496 e. The van der Waals surface area contributed by atoms with Gasteiger partial charge >= 0.3 is 18.2 Å². The van der Waals surface area contributed by atoms with Crippen LogP contribution in [0.15, 0.2) is 60.8 Å². The van der Waals surface area contributed by atoms with Gasteiger partial charge in [0.25, 0.3) is 11.8 Å². The van der Waals surface area contributed by atoms with Crippen molar-refractivity contribution in [3.8, 4) is 11.5 Å². The molecule has 1 fully saturated rings. The average Bonchev–Trinajstić information content (AvgIpc) is 3.94. The van der Waals surface area contributed by atoms with Crippen LogP contribution >= 0.6 is 11.6 Å². The minimum absolute atomic E-state index is 0.0734. The number of esters is 1. The molecule has 8 rings (SSSR count). The minimum Gasteiger partial charge on any atom is -0.496 e. The number of nitrogens with one attached hydrogen (secondary N) is 3. The van der Waals surface area contributed by atoms with Crippen LogP contribution in [0, 0.1) is 0 Å². The number of amides is 3. The first kappa shape index (κ1) is 38.5. The standard InChI is InChI=1S/C40H35ClF3N7O7/c1-49-9-11-50(12-10-49)39(55)58-30-16-28-31(32-33(38(54)57-3)35(40(42,43)44)48-34(30)32)22(17-41)19-51(28)37(53)27-14-21-13-23(7-8-25(21)47-27)46-36(52)26-15-24-20(18-45-26)5-4-6-29(24)56-2/h4-8,13-16,18,22,47-48H,9-12,17,19H2,1-3H3,(H,46,52)/t22-/m1/s1. The summed E-state index contributed by atoms with van der Waals surface area (Å²) < 4.78 is 59.7. The van der Waals surface area contributed by atoms with Crippen LogP contribution in [0.1, 0.15) is 48.5 Å². The molecular formula is C40H35ClF3N7O7. The molecule has 3 amide bonds. The van der Waals surface area contributed by atoms with Crippen molar-refractivity contribution in [3.63, 3.8) is 0 Å². The number of halogens is 4. The lowest BCUT2D eigenvalue weighted by atomic mass is 9.95. The summed E-state index contributed by atoms with van der Waals surface area (Å²) in [6, 6.07) is 15.0. The second-order valence-corrected chi connectivity index (χ2v) is 14.3. The third-order valence-corrected chi connectivity index (χ3v) is 10.9. The zero-order valence-electron chi connectivity index (χ0n) is 31.3. The van der Waals surface area contributed by atoms with Crippen LogP contribution < -0.4 is 19.7 Å². The van der Waals surface area contributed by atoms with E-state index in [1.807, 2.05) is 24.1 Å². The summed E-state index contributed by atoms with van der Waals surface area (Å²) in [4.78, 5) is 68.7. The second kappa shape index (κ2) is 14.9. The van der Waals surface area contributed by atoms with Crippen molar-refractivity contribution in [2.45, 2.75) is 12.1 Å². The molecule has 1 atom stereocenters. The molecule has 18 heteroatoms. The number of likely N-dealkylation sites (N-methyl/N-ethyl adjacent to an activating group) is 1. The van der Waals surface area contributed by atoms with E-state index in [2.05, 4.69) is 20.3 Å². The number of piperazine rings is 1. The van der Waals surface area contributed by atoms with Crippen molar-refractivity contribution in [2.75, 3.05) is 70.1 Å². The monoisotopic (exact) mass is 817 g/mol. The molecule has 0 aliphatic carbocycles. The number of aromatic amines is 2. The minimum atomic E-state index is -5.04. The van der Waals surface area contributed by atoms with Crippen molar-refractivity contribution in [2.24, 2.45) is 0 Å². The predicted molar refractivity (Wildman–Crippen MR) is 209 cm³/mol. The van der Waals surface area contributed by atoms with Crippen LogP contribution in [-0.2, 0) is 10.9 Å². The molecule has 58 heavy (non-hydrogen) atoms. The number of fused-ring (bicyclic) bond motifs is 5. The molecule has 3 N–H and O–H groups in total. The Labute approximate surface area is 332 Å². The highest BCUT2D eigenvalue weighted by molar-refractivity contribution is 6.20. The van der Waals surface area contributed by atoms with Crippen LogP contribution in [0.5, 0.6) is 11.5 Å². The molecular weight excluding hydrogens is 783 g/mol. The number of aromatic nitrogens is 3. The Bertz CT molecular complexity index is 2650. The smallest absolute Gasteiger partial charge is 0.432 e. The normalized spacial score (nSPS) is 15.9. The van der Waals surface area contributed by atoms with Crippen molar-refractivity contribution in [1.29, 1.82) is 0 Å². The number of benzene rings is 3. The van der Waals surface area contributed by atoms with E-state index >= 15 is 0 Å². The summed E-state index contributed by atoms with van der Waals surface area (Å²) in [5.41, 5.74) is -0.953. The molecule has 0 bridgehead atoms. The Morgan fingerprint density at radius 3 is 2.45 bits per heavy atom. The molecule has 5 heterocycles. The van der Waals surface area contributed by atoms with E-state index in [-0.39, 0.29) is 51.7 Å². The highest BCUT2D eigenvalue weighted by Gasteiger charge is 2.44. The SMILES string of the molecule is COC(=O)c1c(C(F)(F)F)[nH]c2c(OC(=O)N3CCN(C)CC3)cc3c(c12)[C@H](CCl)CN3C(=O)c1cc2cc(NC(=O)c3cc4c(OC)cccc4cn3)ccc2[nH]1. The second-order valence-electron chi connectivity index (χ2n) is 14.0. The average molecular weight is 818 g/mol. The summed E-state index contributed by atoms with van der Waals surface area (Å²) in [6.45, 7) is 1.66. The summed E-state index contributed by atoms with van der Waals surface area (Å²) in [6.07, 6.45) is -4.27. The molecule has 3 aromatic heterocycles. The molecule has 2 aliphatic heterocycles. The Kier molecular flexibility index (Phi) is 9.88. The van der Waals surface area contributed by atoms with Crippen LogP contribution in [0.2, 0.25) is 0 Å². The van der Waals surface area contributed by atoms with Crippen molar-refractivity contribution < 1.29 is 46.6 Å². The number of ether oxygens (including phenoxy) is 3. The molecule has 14 nitrogen and oxygen atoms in total. The van der Waals surface area contributed by atoms with Crippen LogP contribution in [0.4, 0.5) is 29.3 Å². The number of alkyl halides is 4. The Hall–Kier alpha value is -6.33. The summed E-state index contributed by atoms with van der Waals surface area (Å²) in [7, 11) is 4.39. The fraction of sp³-hybridized carbons (Fsp3) is 0.275. The van der Waals surface area contributed by atoms with Gasteiger partial charge in [-0.3, -0.25) is 14.6 Å². The van der Waals surface area contributed by atoms with Gasteiger partial charge in [0.2, 0.25) is 0 Å². The van der Waals surface area contributed by atoms with Crippen molar-refractivity contribution in [3.05, 3.63) is 89.0 Å². The van der Waals surface area contributed by atoms with E-state index < -0.39 is 47.2 Å². The lowest BCUT2D eigenvalue weighted by Crippen LogP contribution is -2.48. The number of nitrogens with zero attached hydrogens (tertiary/aromatic N) is 4. The van der Waals surface area contributed by atoms with Gasteiger partial charge < -0.3 is 44.2 Å². The topological polar surface area (TPSA) is 162 Å². The van der Waals surface area contributed by atoms with Gasteiger partial charge in [-0.1, -0.05) is 12.1 Å². The Morgan fingerprint density at radius 1 is 0.966 bits per heavy atom. The lowest BCUT2D eigenvalue weighted by Gasteiger charge is -2.31. The summed E-state index contributed by atoms with van der Waals surface area (Å²) >= 11 is 6.43. The van der Waals surface area contributed by atoms with Crippen LogP contribution in [-0.4, -0.2) is 108 Å². The highest BCUT2D eigenvalue weighted by Crippen LogP contribution is 2.50. The number of methoxy groups -OCH3 is 2. The molecule has 3 aromatic carbocycles. The van der Waals surface area contributed by atoms with Crippen LogP contribution in [0.25, 0.3) is 32.6 Å². The summed E-state index contributed by atoms with van der Waals surface area (Å²) in [5.74, 6) is -2.92. The van der Waals surface area contributed by atoms with Gasteiger partial charge in [-0.25, -0.2) is 9.59 Å². The lowest BCUT2D eigenvalue weighted by molar-refractivity contribution is -0.141. The molecule has 0 saturated carbocycles. The number of carbonyl (C=O) groups excluding carboxylic acids is 4. The predicted octanol–water partition coefficient (Wildman–Crippen LogP) is 6.99. The third-order valence-electron chi connectivity index (χ3n) is 10.5. The number of hydrogen-bond acceptors (Lipinski definition) is 9. The summed E-state index contributed by atoms with van der Waals surface area (Å²) in [5, 5.41) is 4.70. The maximum atomic E-state index is 14.5. The number of anilines is 2. The molecule has 0 spiro atoms. The molecule has 1 saturated heterocycles. The van der Waals surface area contributed by atoms with E-state index in [1.165, 1.54) is 23.0 Å².